The molecule has 0 saturated carbocycles. The summed E-state index contributed by atoms with van der Waals surface area (Å²) in [6.07, 6.45) is -13.9. The smallest absolute Gasteiger partial charge is 0.414 e. The van der Waals surface area contributed by atoms with Gasteiger partial charge in [0.05, 0.1) is 13.2 Å². The highest BCUT2D eigenvalue weighted by Gasteiger charge is 2.56. The summed E-state index contributed by atoms with van der Waals surface area (Å²) in [6, 6.07) is 18.3. The Hall–Kier alpha value is -4.65. The summed E-state index contributed by atoms with van der Waals surface area (Å²) in [6.45, 7) is 4.77. The quantitative estimate of drug-likeness (QED) is 0.156. The average Bonchev–Trinajstić information content (AvgIpc) is 3.12. The summed E-state index contributed by atoms with van der Waals surface area (Å²) in [7, 11) is 0. The van der Waals surface area contributed by atoms with Crippen LogP contribution >= 0.6 is 11.6 Å². The van der Waals surface area contributed by atoms with Crippen LogP contribution in [-0.2, 0) is 84.6 Å². The number of imide groups is 1. The molecule has 2 amide bonds. The van der Waals surface area contributed by atoms with Crippen molar-refractivity contribution in [3.05, 3.63) is 71.8 Å². The molecule has 0 aliphatic carbocycles. The molecule has 2 aromatic rings. The summed E-state index contributed by atoms with van der Waals surface area (Å²) in [5.74, 6) is -3.87. The highest BCUT2D eigenvalue weighted by Crippen LogP contribution is 2.36. The van der Waals surface area contributed by atoms with Crippen LogP contribution in [0.4, 0.5) is 4.79 Å². The van der Waals surface area contributed by atoms with E-state index in [1.807, 2.05) is 66.0 Å². The fourth-order valence-electron chi connectivity index (χ4n) is 5.83. The minimum absolute atomic E-state index is 0.0138. The second-order valence-corrected chi connectivity index (χ2v) is 12.9. The van der Waals surface area contributed by atoms with Gasteiger partial charge in [0.1, 0.15) is 43.7 Å². The maximum atomic E-state index is 12.8. The molecule has 2 aliphatic heterocycles. The van der Waals surface area contributed by atoms with Gasteiger partial charge in [0, 0.05) is 34.6 Å². The topological polar surface area (TPSA) is 207 Å². The molecule has 300 valence electrons. The van der Waals surface area contributed by atoms with Crippen LogP contribution in [0, 0.1) is 0 Å². The summed E-state index contributed by atoms with van der Waals surface area (Å²) < 4.78 is 58.7. The Morgan fingerprint density at radius 3 is 1.56 bits per heavy atom. The van der Waals surface area contributed by atoms with Crippen LogP contribution < -0.4 is 5.32 Å². The molecule has 18 heteroatoms. The summed E-state index contributed by atoms with van der Waals surface area (Å²) >= 11 is 6.88. The Labute approximate surface area is 322 Å². The minimum Gasteiger partial charge on any atom is -0.463 e. The lowest BCUT2D eigenvalue weighted by atomic mass is 9.96. The lowest BCUT2D eigenvalue weighted by Crippen LogP contribution is -2.66. The monoisotopic (exact) mass is 793 g/mol. The van der Waals surface area contributed by atoms with Crippen molar-refractivity contribution in [3.8, 4) is 0 Å². The van der Waals surface area contributed by atoms with Crippen LogP contribution in [0.5, 0.6) is 0 Å². The molecule has 0 bridgehead atoms. The van der Waals surface area contributed by atoms with Gasteiger partial charge in [-0.2, -0.15) is 0 Å². The fraction of sp³-hybridized carbons (Fsp3) is 0.514. The number of alkyl halides is 1. The first kappa shape index (κ1) is 43.1. The first-order valence-electron chi connectivity index (χ1n) is 17.2. The van der Waals surface area contributed by atoms with E-state index in [-0.39, 0.29) is 19.8 Å². The number of amides is 2. The number of carbonyl (C=O) groups excluding carboxylic acids is 6. The number of hydrogen-bond donors (Lipinski definition) is 1. The van der Waals surface area contributed by atoms with E-state index in [2.05, 4.69) is 0 Å². The van der Waals surface area contributed by atoms with Crippen molar-refractivity contribution >= 4 is 47.5 Å². The van der Waals surface area contributed by atoms with Crippen LogP contribution in [0.3, 0.4) is 0 Å². The van der Waals surface area contributed by atoms with Gasteiger partial charge in [-0.15, -0.1) is 0 Å². The van der Waals surface area contributed by atoms with E-state index in [1.54, 1.807) is 0 Å². The maximum Gasteiger partial charge on any atom is 0.414 e. The van der Waals surface area contributed by atoms with Crippen LogP contribution in [0.15, 0.2) is 60.7 Å². The number of rotatable bonds is 15. The first-order chi connectivity index (χ1) is 26.2. The second kappa shape index (κ2) is 20.9. The molecule has 0 unspecified atom stereocenters. The predicted octanol–water partition coefficient (Wildman–Crippen LogP) is 2.86. The number of halogens is 1. The van der Waals surface area contributed by atoms with Gasteiger partial charge in [-0.05, 0) is 11.1 Å². The van der Waals surface area contributed by atoms with Crippen molar-refractivity contribution < 1.29 is 76.1 Å². The normalized spacial score (nSPS) is 27.5. The Morgan fingerprint density at radius 1 is 0.582 bits per heavy atom. The van der Waals surface area contributed by atoms with Crippen molar-refractivity contribution in [2.24, 2.45) is 0 Å². The third-order valence-electron chi connectivity index (χ3n) is 8.06. The molecule has 2 heterocycles. The van der Waals surface area contributed by atoms with Gasteiger partial charge >= 0.3 is 30.0 Å². The molecule has 1 N–H and O–H groups in total. The van der Waals surface area contributed by atoms with Crippen molar-refractivity contribution in [2.75, 3.05) is 13.2 Å². The Kier molecular flexibility index (Phi) is 16.3. The molecule has 17 nitrogen and oxygen atoms in total. The van der Waals surface area contributed by atoms with Gasteiger partial charge in [0.15, 0.2) is 30.2 Å². The molecule has 2 aromatic carbocycles. The molecule has 2 fully saturated rings. The molecule has 4 rings (SSSR count). The number of ether oxygens (including phenoxy) is 10. The molecule has 0 radical (unpaired) electrons. The van der Waals surface area contributed by atoms with E-state index in [0.29, 0.717) is 0 Å². The SMILES string of the molecule is CC(=O)NC(=O)O[C@@H]1[C@H](OC(C)=O)[C@@H](O[C@H]2[C@@H](OCc3ccccc3)[C@H](OCc3ccccc3)[C@H](COC(C)=O)O[C@@H]2Cl)O[C@H](COC(C)=O)[C@H]1OC(C)=O. The zero-order valence-corrected chi connectivity index (χ0v) is 31.5. The van der Waals surface area contributed by atoms with Gasteiger partial charge in [-0.1, -0.05) is 72.3 Å². The van der Waals surface area contributed by atoms with Gasteiger partial charge in [-0.25, -0.2) is 4.79 Å². The van der Waals surface area contributed by atoms with E-state index in [9.17, 15) is 28.8 Å². The number of benzene rings is 2. The first-order valence-corrected chi connectivity index (χ1v) is 17.7. The molecule has 0 spiro atoms. The van der Waals surface area contributed by atoms with Gasteiger partial charge < -0.3 is 47.4 Å². The number of alkyl carbamates (subject to hydrolysis) is 1. The molecule has 2 aliphatic rings. The number of esters is 4. The van der Waals surface area contributed by atoms with Gasteiger partial charge in [0.2, 0.25) is 5.91 Å². The highest BCUT2D eigenvalue weighted by atomic mass is 35.5. The molecule has 2 saturated heterocycles. The minimum atomic E-state index is -1.72. The van der Waals surface area contributed by atoms with Crippen molar-refractivity contribution in [1.82, 2.24) is 5.32 Å². The lowest BCUT2D eigenvalue weighted by Gasteiger charge is -2.48. The van der Waals surface area contributed by atoms with E-state index in [0.717, 1.165) is 38.8 Å². The Morgan fingerprint density at radius 2 is 1.07 bits per heavy atom. The Bertz CT molecular complexity index is 1610. The second-order valence-electron chi connectivity index (χ2n) is 12.5. The van der Waals surface area contributed by atoms with Gasteiger partial charge in [0.25, 0.3) is 0 Å². The van der Waals surface area contributed by atoms with Crippen LogP contribution in [0.2, 0.25) is 0 Å². The lowest BCUT2D eigenvalue weighted by molar-refractivity contribution is -0.342. The third-order valence-corrected chi connectivity index (χ3v) is 8.41. The van der Waals surface area contributed by atoms with Crippen LogP contribution in [-0.4, -0.2) is 110 Å². The molecular formula is C37H44ClNO16. The highest BCUT2D eigenvalue weighted by molar-refractivity contribution is 6.20. The zero-order valence-electron chi connectivity index (χ0n) is 30.8. The number of hydrogen-bond acceptors (Lipinski definition) is 16. The summed E-state index contributed by atoms with van der Waals surface area (Å²) in [5.41, 5.74) is 0.178. The predicted molar refractivity (Wildman–Crippen MR) is 187 cm³/mol. The molecular weight excluding hydrogens is 750 g/mol. The zero-order chi connectivity index (χ0) is 40.1. The largest absolute Gasteiger partial charge is 0.463 e. The van der Waals surface area contributed by atoms with Crippen LogP contribution in [0.25, 0.3) is 0 Å². The average molecular weight is 794 g/mol. The molecule has 0 aromatic heterocycles. The molecule has 10 atom stereocenters. The van der Waals surface area contributed by atoms with E-state index in [4.69, 9.17) is 59.0 Å². The Balaban J connectivity index is 1.78. The van der Waals surface area contributed by atoms with Gasteiger partial charge in [-0.3, -0.25) is 29.3 Å². The van der Waals surface area contributed by atoms with E-state index < -0.39 is 103 Å². The third kappa shape index (κ3) is 13.3. The molecule has 55 heavy (non-hydrogen) atoms. The van der Waals surface area contributed by atoms with Crippen molar-refractivity contribution in [3.63, 3.8) is 0 Å². The fourth-order valence-corrected chi connectivity index (χ4v) is 6.16. The number of carbonyl (C=O) groups is 6. The van der Waals surface area contributed by atoms with Crippen molar-refractivity contribution in [2.45, 2.75) is 109 Å². The van der Waals surface area contributed by atoms with Crippen molar-refractivity contribution in [1.29, 1.82) is 0 Å². The van der Waals surface area contributed by atoms with E-state index >= 15 is 0 Å². The maximum absolute atomic E-state index is 12.8. The summed E-state index contributed by atoms with van der Waals surface area (Å²) in [4.78, 5) is 73.2. The van der Waals surface area contributed by atoms with E-state index in [1.165, 1.54) is 6.92 Å². The summed E-state index contributed by atoms with van der Waals surface area (Å²) in [5, 5.41) is 1.94. The van der Waals surface area contributed by atoms with Crippen LogP contribution in [0.1, 0.15) is 45.7 Å². The standard InChI is InChI=1S/C37H44ClNO16/c1-20(40)39-37(45)55-32-30(50-23(4)43)28(19-47-22(3)42)53-36(34(32)51-24(5)44)54-33-31(49-17-26-14-10-7-11-15-26)29(48-16-25-12-8-6-9-13-25)27(52-35(33)38)18-46-21(2)41/h6-15,27-36H,16-19H2,1-5H3,(H,39,40,45)/t27-,28+,29+,30+,31-,32-,33-,34-,35-,36+/m0/s1. The number of nitrogens with one attached hydrogen (secondary N) is 1.